The van der Waals surface area contributed by atoms with Crippen molar-refractivity contribution in [3.63, 3.8) is 0 Å². The van der Waals surface area contributed by atoms with Gasteiger partial charge in [-0.3, -0.25) is 9.69 Å². The van der Waals surface area contributed by atoms with E-state index in [-0.39, 0.29) is 5.91 Å². The summed E-state index contributed by atoms with van der Waals surface area (Å²) in [4.78, 5) is 21.7. The van der Waals surface area contributed by atoms with E-state index in [4.69, 9.17) is 0 Å². The fraction of sp³-hybridized carbons (Fsp3) is 0.667. The van der Waals surface area contributed by atoms with Crippen molar-refractivity contribution in [2.75, 3.05) is 31.1 Å². The van der Waals surface area contributed by atoms with Gasteiger partial charge in [0.05, 0.1) is 5.51 Å². The van der Waals surface area contributed by atoms with Crippen molar-refractivity contribution in [2.24, 2.45) is 11.8 Å². The molecule has 4 atom stereocenters. The zero-order valence-corrected chi connectivity index (χ0v) is 16.8. The average Bonchev–Trinajstić information content (AvgIpc) is 3.41. The number of aromatic nitrogens is 3. The molecule has 5 rings (SSSR count). The molecule has 3 saturated heterocycles. The second-order valence-corrected chi connectivity index (χ2v) is 9.36. The quantitative estimate of drug-likeness (QED) is 0.841. The van der Waals surface area contributed by atoms with Gasteiger partial charge in [0.2, 0.25) is 5.13 Å². The minimum Gasteiger partial charge on any atom is -0.349 e. The number of hydrogen-bond donors (Lipinski definition) is 1. The van der Waals surface area contributed by atoms with Gasteiger partial charge in [0.15, 0.2) is 0 Å². The number of rotatable bonds is 4. The number of fused-ring (bicyclic) bond motifs is 4. The third-order valence-electron chi connectivity index (χ3n) is 6.38. The summed E-state index contributed by atoms with van der Waals surface area (Å²) in [5, 5.41) is 14.4. The molecule has 3 fully saturated rings. The van der Waals surface area contributed by atoms with Gasteiger partial charge in [0.1, 0.15) is 11.2 Å². The van der Waals surface area contributed by atoms with E-state index in [1.54, 1.807) is 16.8 Å². The molecule has 2 bridgehead atoms. The molecule has 1 amide bonds. The van der Waals surface area contributed by atoms with Crippen LogP contribution in [-0.2, 0) is 0 Å². The van der Waals surface area contributed by atoms with Crippen LogP contribution in [0, 0.1) is 11.8 Å². The van der Waals surface area contributed by atoms with Crippen molar-refractivity contribution in [3.05, 3.63) is 22.1 Å². The van der Waals surface area contributed by atoms with Crippen LogP contribution in [0.5, 0.6) is 0 Å². The number of piperidine rings is 3. The van der Waals surface area contributed by atoms with Crippen LogP contribution in [0.2, 0.25) is 0 Å². The number of carbonyl (C=O) groups excluding carboxylic acids is 1. The SMILES string of the molecule is O=C(NC[C@H]1[C@H]2C[C@H](CN(c3nncs3)C2)[C@@H]2CCCCN21)c1cscn1. The largest absolute Gasteiger partial charge is 0.349 e. The van der Waals surface area contributed by atoms with Crippen LogP contribution in [0.25, 0.3) is 0 Å². The summed E-state index contributed by atoms with van der Waals surface area (Å²) in [6, 6.07) is 1.02. The number of thiazole rings is 1. The van der Waals surface area contributed by atoms with E-state index in [1.165, 1.54) is 37.0 Å². The predicted octanol–water partition coefficient (Wildman–Crippen LogP) is 2.10. The van der Waals surface area contributed by atoms with E-state index in [9.17, 15) is 4.79 Å². The third-order valence-corrected chi connectivity index (χ3v) is 7.71. The number of carbonyl (C=O) groups is 1. The van der Waals surface area contributed by atoms with Gasteiger partial charge in [0, 0.05) is 37.1 Å². The highest BCUT2D eigenvalue weighted by atomic mass is 32.1. The van der Waals surface area contributed by atoms with Crippen molar-refractivity contribution in [2.45, 2.75) is 37.8 Å². The Labute approximate surface area is 166 Å². The Hall–Kier alpha value is -1.58. The lowest BCUT2D eigenvalue weighted by Crippen LogP contribution is -2.65. The summed E-state index contributed by atoms with van der Waals surface area (Å²) in [5.74, 6) is 1.19. The van der Waals surface area contributed by atoms with Crippen molar-refractivity contribution < 1.29 is 4.79 Å². The predicted molar refractivity (Wildman–Crippen MR) is 106 cm³/mol. The minimum atomic E-state index is -0.0521. The van der Waals surface area contributed by atoms with Crippen molar-refractivity contribution in [1.82, 2.24) is 25.4 Å². The first kappa shape index (κ1) is 17.5. The van der Waals surface area contributed by atoms with E-state index < -0.39 is 0 Å². The summed E-state index contributed by atoms with van der Waals surface area (Å²) in [6.07, 6.45) is 5.12. The Balaban J connectivity index is 1.34. The first-order valence-electron chi connectivity index (χ1n) is 9.73. The van der Waals surface area contributed by atoms with Gasteiger partial charge >= 0.3 is 0 Å². The number of amides is 1. The molecule has 1 N–H and O–H groups in total. The van der Waals surface area contributed by atoms with Crippen LogP contribution in [0.1, 0.15) is 36.2 Å². The number of nitrogens with zero attached hydrogens (tertiary/aromatic N) is 5. The first-order chi connectivity index (χ1) is 13.3. The van der Waals surface area contributed by atoms with E-state index in [0.717, 1.165) is 24.8 Å². The molecule has 3 aliphatic rings. The maximum atomic E-state index is 12.4. The van der Waals surface area contributed by atoms with E-state index in [2.05, 4.69) is 30.3 Å². The zero-order valence-electron chi connectivity index (χ0n) is 15.2. The maximum absolute atomic E-state index is 12.4. The second kappa shape index (κ2) is 7.44. The maximum Gasteiger partial charge on any atom is 0.270 e. The molecule has 0 saturated carbocycles. The topological polar surface area (TPSA) is 74.2 Å². The van der Waals surface area contributed by atoms with Crippen molar-refractivity contribution >= 4 is 33.7 Å². The van der Waals surface area contributed by atoms with E-state index >= 15 is 0 Å². The highest BCUT2D eigenvalue weighted by Gasteiger charge is 2.47. The normalized spacial score (nSPS) is 30.7. The summed E-state index contributed by atoms with van der Waals surface area (Å²) in [5.41, 5.74) is 4.06. The van der Waals surface area contributed by atoms with Gasteiger partial charge < -0.3 is 10.2 Å². The van der Waals surface area contributed by atoms with Crippen LogP contribution in [0.4, 0.5) is 5.13 Å². The standard InChI is InChI=1S/C18H24N6OS2/c25-17(14-9-26-10-20-14)19-6-16-13-5-12(15-3-1-2-4-24(15)16)7-23(8-13)18-22-21-11-27-18/h9-13,15-16H,1-8H2,(H,19,25)/t12-,13+,15+,16+/m1/s1. The number of anilines is 1. The Kier molecular flexibility index (Phi) is 4.83. The van der Waals surface area contributed by atoms with Crippen LogP contribution in [0.3, 0.4) is 0 Å². The summed E-state index contributed by atoms with van der Waals surface area (Å²) >= 11 is 3.09. The molecule has 27 heavy (non-hydrogen) atoms. The first-order valence-corrected chi connectivity index (χ1v) is 11.5. The molecule has 0 aliphatic carbocycles. The number of nitrogens with one attached hydrogen (secondary N) is 1. The molecule has 2 aromatic rings. The van der Waals surface area contributed by atoms with Crippen LogP contribution in [0.15, 0.2) is 16.4 Å². The highest BCUT2D eigenvalue weighted by Crippen LogP contribution is 2.42. The highest BCUT2D eigenvalue weighted by molar-refractivity contribution is 7.13. The van der Waals surface area contributed by atoms with Gasteiger partial charge in [-0.05, 0) is 37.6 Å². The summed E-state index contributed by atoms with van der Waals surface area (Å²) < 4.78 is 0. The van der Waals surface area contributed by atoms with Crippen LogP contribution >= 0.6 is 22.7 Å². The third kappa shape index (κ3) is 3.36. The van der Waals surface area contributed by atoms with Gasteiger partial charge in [0.25, 0.3) is 5.91 Å². The molecule has 5 heterocycles. The minimum absolute atomic E-state index is 0.0521. The fourth-order valence-electron chi connectivity index (χ4n) is 5.26. The molecule has 0 aromatic carbocycles. The van der Waals surface area contributed by atoms with Crippen molar-refractivity contribution in [1.29, 1.82) is 0 Å². The monoisotopic (exact) mass is 404 g/mol. The lowest BCUT2D eigenvalue weighted by Gasteiger charge is -2.56. The van der Waals surface area contributed by atoms with Gasteiger partial charge in [-0.2, -0.15) is 0 Å². The molecular formula is C18H24N6OS2. The van der Waals surface area contributed by atoms with E-state index in [0.29, 0.717) is 36.2 Å². The lowest BCUT2D eigenvalue weighted by molar-refractivity contribution is -0.0306. The van der Waals surface area contributed by atoms with Gasteiger partial charge in [-0.15, -0.1) is 21.5 Å². The summed E-state index contributed by atoms with van der Waals surface area (Å²) in [6.45, 7) is 3.96. The molecule has 0 unspecified atom stereocenters. The molecule has 9 heteroatoms. The van der Waals surface area contributed by atoms with E-state index in [1.807, 2.05) is 10.9 Å². The lowest BCUT2D eigenvalue weighted by atomic mass is 9.72. The second-order valence-electron chi connectivity index (χ2n) is 7.83. The molecule has 0 spiro atoms. The molecule has 2 aromatic heterocycles. The molecule has 144 valence electrons. The summed E-state index contributed by atoms with van der Waals surface area (Å²) in [7, 11) is 0. The Morgan fingerprint density at radius 1 is 1.26 bits per heavy atom. The molecular weight excluding hydrogens is 380 g/mol. The van der Waals surface area contributed by atoms with Gasteiger partial charge in [-0.1, -0.05) is 17.8 Å². The Morgan fingerprint density at radius 2 is 2.19 bits per heavy atom. The van der Waals surface area contributed by atoms with Gasteiger partial charge in [-0.25, -0.2) is 4.98 Å². The van der Waals surface area contributed by atoms with Crippen molar-refractivity contribution in [3.8, 4) is 0 Å². The molecule has 7 nitrogen and oxygen atoms in total. The smallest absolute Gasteiger partial charge is 0.270 e. The zero-order chi connectivity index (χ0) is 18.2. The Morgan fingerprint density at radius 3 is 3.00 bits per heavy atom. The molecule has 3 aliphatic heterocycles. The van der Waals surface area contributed by atoms with Crippen LogP contribution in [-0.4, -0.2) is 64.3 Å². The number of hydrogen-bond acceptors (Lipinski definition) is 8. The molecule has 0 radical (unpaired) electrons. The Bertz CT molecular complexity index is 767. The fourth-order valence-corrected chi connectivity index (χ4v) is 6.38. The average molecular weight is 405 g/mol. The van der Waals surface area contributed by atoms with Crippen LogP contribution < -0.4 is 10.2 Å².